The molecule has 0 bridgehead atoms. The van der Waals surface area contributed by atoms with Crippen LogP contribution in [0.1, 0.15) is 11.1 Å². The number of benzene rings is 2. The number of nitrogen functional groups attached to an aromatic ring is 1. The van der Waals surface area contributed by atoms with Crippen molar-refractivity contribution in [3.05, 3.63) is 53.6 Å². The summed E-state index contributed by atoms with van der Waals surface area (Å²) >= 11 is 0. The molecule has 0 fully saturated rings. The van der Waals surface area contributed by atoms with Crippen molar-refractivity contribution in [3.8, 4) is 17.6 Å². The monoisotopic (exact) mass is 224 g/mol. The molecular weight excluding hydrogens is 212 g/mol. The molecule has 2 aromatic rings. The Hall–Kier alpha value is -2.47. The first-order valence-corrected chi connectivity index (χ1v) is 5.24. The largest absolute Gasteiger partial charge is 0.455 e. The number of ether oxygens (including phenoxy) is 1. The van der Waals surface area contributed by atoms with Crippen molar-refractivity contribution in [2.75, 3.05) is 5.73 Å². The van der Waals surface area contributed by atoms with Crippen molar-refractivity contribution in [2.45, 2.75) is 6.92 Å². The molecular formula is C14H12N2O. The maximum absolute atomic E-state index is 8.88. The van der Waals surface area contributed by atoms with Crippen molar-refractivity contribution >= 4 is 5.69 Å². The molecule has 0 saturated heterocycles. The van der Waals surface area contributed by atoms with Crippen LogP contribution in [0, 0.1) is 18.3 Å². The molecule has 0 aliphatic heterocycles. The predicted octanol–water partition coefficient (Wildman–Crippen LogP) is 3.24. The highest BCUT2D eigenvalue weighted by Gasteiger charge is 2.07. The summed E-state index contributed by atoms with van der Waals surface area (Å²) in [5.41, 5.74) is 7.67. The molecule has 0 aliphatic carbocycles. The lowest BCUT2D eigenvalue weighted by molar-refractivity contribution is 0.481. The van der Waals surface area contributed by atoms with E-state index in [1.165, 1.54) is 0 Å². The molecule has 0 heterocycles. The van der Waals surface area contributed by atoms with E-state index < -0.39 is 0 Å². The van der Waals surface area contributed by atoms with Gasteiger partial charge in [0.15, 0.2) is 5.75 Å². The van der Waals surface area contributed by atoms with E-state index in [0.717, 1.165) is 11.3 Å². The minimum atomic E-state index is 0.373. The van der Waals surface area contributed by atoms with E-state index in [-0.39, 0.29) is 0 Å². The van der Waals surface area contributed by atoms with Gasteiger partial charge in [-0.3, -0.25) is 0 Å². The van der Waals surface area contributed by atoms with Crippen molar-refractivity contribution in [1.82, 2.24) is 0 Å². The highest BCUT2D eigenvalue weighted by Crippen LogP contribution is 2.31. The summed E-state index contributed by atoms with van der Waals surface area (Å²) in [5.74, 6) is 1.26. The zero-order chi connectivity index (χ0) is 12.3. The molecule has 0 atom stereocenters. The molecule has 17 heavy (non-hydrogen) atoms. The van der Waals surface area contributed by atoms with Gasteiger partial charge in [-0.05, 0) is 30.7 Å². The van der Waals surface area contributed by atoms with E-state index in [1.54, 1.807) is 18.2 Å². The van der Waals surface area contributed by atoms with Crippen molar-refractivity contribution < 1.29 is 4.74 Å². The molecule has 0 amide bonds. The first-order valence-electron chi connectivity index (χ1n) is 5.24. The fourth-order valence-electron chi connectivity index (χ4n) is 1.52. The first kappa shape index (κ1) is 11.0. The summed E-state index contributed by atoms with van der Waals surface area (Å²) in [6.45, 7) is 1.96. The maximum atomic E-state index is 8.88. The van der Waals surface area contributed by atoms with E-state index in [0.29, 0.717) is 17.0 Å². The lowest BCUT2D eigenvalue weighted by Crippen LogP contribution is -1.96. The van der Waals surface area contributed by atoms with E-state index in [4.69, 9.17) is 15.7 Å². The van der Waals surface area contributed by atoms with Crippen LogP contribution in [0.3, 0.4) is 0 Å². The smallest absolute Gasteiger partial charge is 0.151 e. The van der Waals surface area contributed by atoms with E-state index in [2.05, 4.69) is 0 Å². The van der Waals surface area contributed by atoms with Gasteiger partial charge in [0.05, 0.1) is 11.3 Å². The van der Waals surface area contributed by atoms with Crippen LogP contribution < -0.4 is 10.5 Å². The quantitative estimate of drug-likeness (QED) is 0.796. The van der Waals surface area contributed by atoms with Gasteiger partial charge in [-0.15, -0.1) is 0 Å². The number of anilines is 1. The fourth-order valence-corrected chi connectivity index (χ4v) is 1.52. The molecule has 0 aliphatic rings. The summed E-state index contributed by atoms with van der Waals surface area (Å²) in [7, 11) is 0. The zero-order valence-electron chi connectivity index (χ0n) is 9.47. The van der Waals surface area contributed by atoms with Gasteiger partial charge >= 0.3 is 0 Å². The van der Waals surface area contributed by atoms with Gasteiger partial charge in [-0.2, -0.15) is 5.26 Å². The molecule has 0 radical (unpaired) electrons. The second-order valence-electron chi connectivity index (χ2n) is 3.70. The molecule has 0 spiro atoms. The Morgan fingerprint density at radius 2 is 1.76 bits per heavy atom. The molecule has 0 saturated carbocycles. The third kappa shape index (κ3) is 2.21. The number of rotatable bonds is 2. The van der Waals surface area contributed by atoms with Crippen LogP contribution >= 0.6 is 0 Å². The molecule has 3 nitrogen and oxygen atoms in total. The second kappa shape index (κ2) is 4.58. The number of aryl methyl sites for hydroxylation is 1. The molecule has 2 aromatic carbocycles. The van der Waals surface area contributed by atoms with Crippen LogP contribution in [-0.4, -0.2) is 0 Å². The molecule has 0 aromatic heterocycles. The number of para-hydroxylation sites is 2. The number of nitriles is 1. The lowest BCUT2D eigenvalue weighted by Gasteiger charge is -2.10. The molecule has 3 heteroatoms. The van der Waals surface area contributed by atoms with Gasteiger partial charge in [-0.25, -0.2) is 0 Å². The highest BCUT2D eigenvalue weighted by atomic mass is 16.5. The van der Waals surface area contributed by atoms with Gasteiger partial charge < -0.3 is 10.5 Å². The molecule has 2 rings (SSSR count). The lowest BCUT2D eigenvalue weighted by atomic mass is 10.2. The summed E-state index contributed by atoms with van der Waals surface area (Å²) in [6, 6.07) is 14.9. The zero-order valence-corrected chi connectivity index (χ0v) is 9.47. The van der Waals surface area contributed by atoms with Gasteiger partial charge in [-0.1, -0.05) is 24.3 Å². The Morgan fingerprint density at radius 3 is 2.47 bits per heavy atom. The Bertz CT molecular complexity index is 585. The topological polar surface area (TPSA) is 59.0 Å². The molecule has 84 valence electrons. The number of hydrogen-bond acceptors (Lipinski definition) is 3. The normalized spacial score (nSPS) is 9.65. The van der Waals surface area contributed by atoms with Crippen LogP contribution in [-0.2, 0) is 0 Å². The molecule has 0 unspecified atom stereocenters. The average molecular weight is 224 g/mol. The van der Waals surface area contributed by atoms with Crippen LogP contribution in [0.25, 0.3) is 0 Å². The highest BCUT2D eigenvalue weighted by molar-refractivity contribution is 5.64. The maximum Gasteiger partial charge on any atom is 0.151 e. The fraction of sp³-hybridized carbons (Fsp3) is 0.0714. The average Bonchev–Trinajstić information content (AvgIpc) is 2.34. The first-order chi connectivity index (χ1) is 8.22. The number of hydrogen-bond donors (Lipinski definition) is 1. The predicted molar refractivity (Wildman–Crippen MR) is 66.8 cm³/mol. The van der Waals surface area contributed by atoms with Crippen molar-refractivity contribution in [2.24, 2.45) is 0 Å². The number of nitrogens with zero attached hydrogens (tertiary/aromatic N) is 1. The Labute approximate surface area is 100 Å². The van der Waals surface area contributed by atoms with E-state index in [1.807, 2.05) is 37.3 Å². The minimum absolute atomic E-state index is 0.373. The van der Waals surface area contributed by atoms with Crippen LogP contribution in [0.15, 0.2) is 42.5 Å². The SMILES string of the molecule is Cc1ccccc1Oc1cccc(C#N)c1N. The molecule has 2 N–H and O–H groups in total. The standard InChI is InChI=1S/C14H12N2O/c1-10-5-2-3-7-12(10)17-13-8-4-6-11(9-15)14(13)16/h2-8H,16H2,1H3. The van der Waals surface area contributed by atoms with E-state index >= 15 is 0 Å². The second-order valence-corrected chi connectivity index (χ2v) is 3.70. The van der Waals surface area contributed by atoms with Gasteiger partial charge in [0.25, 0.3) is 0 Å². The Balaban J connectivity index is 2.38. The van der Waals surface area contributed by atoms with Gasteiger partial charge in [0.1, 0.15) is 11.8 Å². The van der Waals surface area contributed by atoms with Gasteiger partial charge in [0, 0.05) is 0 Å². The number of nitrogens with two attached hydrogens (primary N) is 1. The Morgan fingerprint density at radius 1 is 1.06 bits per heavy atom. The van der Waals surface area contributed by atoms with Crippen molar-refractivity contribution in [1.29, 1.82) is 5.26 Å². The summed E-state index contributed by atoms with van der Waals surface area (Å²) < 4.78 is 5.71. The summed E-state index contributed by atoms with van der Waals surface area (Å²) in [5, 5.41) is 8.88. The van der Waals surface area contributed by atoms with Crippen molar-refractivity contribution in [3.63, 3.8) is 0 Å². The van der Waals surface area contributed by atoms with Crippen LogP contribution in [0.4, 0.5) is 5.69 Å². The van der Waals surface area contributed by atoms with E-state index in [9.17, 15) is 0 Å². The van der Waals surface area contributed by atoms with Gasteiger partial charge in [0.2, 0.25) is 0 Å². The van der Waals surface area contributed by atoms with Crippen LogP contribution in [0.2, 0.25) is 0 Å². The van der Waals surface area contributed by atoms with Crippen LogP contribution in [0.5, 0.6) is 11.5 Å². The summed E-state index contributed by atoms with van der Waals surface area (Å²) in [4.78, 5) is 0. The summed E-state index contributed by atoms with van der Waals surface area (Å²) in [6.07, 6.45) is 0. The minimum Gasteiger partial charge on any atom is -0.455 e. The third-order valence-electron chi connectivity index (χ3n) is 2.50. The third-order valence-corrected chi connectivity index (χ3v) is 2.50. The Kier molecular flexibility index (Phi) is 2.97.